The molecule has 3 N–H and O–H groups in total. The van der Waals surface area contributed by atoms with Crippen molar-refractivity contribution in [2.45, 2.75) is 289 Å². The van der Waals surface area contributed by atoms with Gasteiger partial charge in [0.2, 0.25) is 5.91 Å². The zero-order valence-electron chi connectivity index (χ0n) is 40.6. The summed E-state index contributed by atoms with van der Waals surface area (Å²) < 4.78 is 5.46. The zero-order valence-corrected chi connectivity index (χ0v) is 40.6. The third-order valence-corrected chi connectivity index (χ3v) is 12.1. The average molecular weight is 858 g/mol. The Morgan fingerprint density at radius 3 is 1.18 bits per heavy atom. The van der Waals surface area contributed by atoms with Gasteiger partial charge in [0, 0.05) is 12.8 Å². The van der Waals surface area contributed by atoms with Crippen molar-refractivity contribution in [1.82, 2.24) is 5.32 Å². The van der Waals surface area contributed by atoms with Crippen molar-refractivity contribution < 1.29 is 24.5 Å². The molecule has 0 fully saturated rings. The highest BCUT2D eigenvalue weighted by atomic mass is 16.5. The fraction of sp³-hybridized carbons (Fsp3) is 0.855. The standard InChI is InChI=1S/C55H103NO5/c1-3-5-7-9-11-13-15-25-29-33-37-41-45-49-55(60)61-50-46-42-38-34-30-27-24-22-20-18-16-17-19-21-23-26-28-32-36-40-44-48-54(59)56-52(51-57)53(58)47-43-39-35-31-14-12-10-8-6-4-2/h13,15,17,19,43,47,52-53,57-58H,3-12,14,16,18,20-42,44-46,48-51H2,1-2H3,(H,56,59)/b15-13-,19-17-,47-43+. The first-order chi connectivity index (χ1) is 30.0. The van der Waals surface area contributed by atoms with E-state index in [4.69, 9.17) is 4.74 Å². The van der Waals surface area contributed by atoms with Gasteiger partial charge in [0.1, 0.15) is 0 Å². The van der Waals surface area contributed by atoms with Crippen LogP contribution in [0, 0.1) is 0 Å². The van der Waals surface area contributed by atoms with Crippen molar-refractivity contribution in [2.75, 3.05) is 13.2 Å². The largest absolute Gasteiger partial charge is 0.466 e. The van der Waals surface area contributed by atoms with Crippen LogP contribution >= 0.6 is 0 Å². The van der Waals surface area contributed by atoms with E-state index in [0.29, 0.717) is 19.4 Å². The van der Waals surface area contributed by atoms with Gasteiger partial charge in [-0.2, -0.15) is 0 Å². The molecule has 358 valence electrons. The number of nitrogens with one attached hydrogen (secondary N) is 1. The van der Waals surface area contributed by atoms with E-state index < -0.39 is 12.1 Å². The Labute approximate surface area is 379 Å². The van der Waals surface area contributed by atoms with Crippen LogP contribution in [0.15, 0.2) is 36.5 Å². The van der Waals surface area contributed by atoms with Crippen molar-refractivity contribution in [3.05, 3.63) is 36.5 Å². The van der Waals surface area contributed by atoms with Crippen LogP contribution < -0.4 is 5.32 Å². The first kappa shape index (κ1) is 59.1. The van der Waals surface area contributed by atoms with Crippen molar-refractivity contribution >= 4 is 11.9 Å². The number of aliphatic hydroxyl groups excluding tert-OH is 2. The van der Waals surface area contributed by atoms with Gasteiger partial charge in [0.15, 0.2) is 0 Å². The van der Waals surface area contributed by atoms with Gasteiger partial charge in [-0.25, -0.2) is 0 Å². The second-order valence-electron chi connectivity index (χ2n) is 18.2. The van der Waals surface area contributed by atoms with E-state index in [1.54, 1.807) is 6.08 Å². The molecule has 0 aliphatic rings. The Hall–Kier alpha value is -1.92. The molecule has 0 saturated carbocycles. The SMILES string of the molecule is CCCCCC/C=C\CCCCCCCC(=O)OCCCCCCCCCCCC/C=C\CCCCCCCCCC(=O)NC(CO)C(O)/C=C/CCCCCCCCCC. The molecule has 0 aromatic carbocycles. The highest BCUT2D eigenvalue weighted by Crippen LogP contribution is 2.15. The summed E-state index contributed by atoms with van der Waals surface area (Å²) in [6, 6.07) is -0.632. The van der Waals surface area contributed by atoms with Crippen LogP contribution in [-0.2, 0) is 14.3 Å². The van der Waals surface area contributed by atoms with Gasteiger partial charge in [-0.1, -0.05) is 217 Å². The molecule has 0 aliphatic carbocycles. The summed E-state index contributed by atoms with van der Waals surface area (Å²) in [6.45, 7) is 4.85. The molecular weight excluding hydrogens is 755 g/mol. The molecule has 0 heterocycles. The zero-order chi connectivity index (χ0) is 44.4. The van der Waals surface area contributed by atoms with E-state index in [1.807, 2.05) is 6.08 Å². The van der Waals surface area contributed by atoms with Crippen molar-refractivity contribution in [3.63, 3.8) is 0 Å². The smallest absolute Gasteiger partial charge is 0.305 e. The lowest BCUT2D eigenvalue weighted by Crippen LogP contribution is -2.45. The number of hydrogen-bond donors (Lipinski definition) is 3. The maximum absolute atomic E-state index is 12.4. The van der Waals surface area contributed by atoms with Gasteiger partial charge in [-0.15, -0.1) is 0 Å². The number of carbonyl (C=O) groups excluding carboxylic acids is 2. The molecule has 6 heteroatoms. The topological polar surface area (TPSA) is 95.9 Å². The summed E-state index contributed by atoms with van der Waals surface area (Å²) >= 11 is 0. The maximum atomic E-state index is 12.4. The number of esters is 1. The summed E-state index contributed by atoms with van der Waals surface area (Å²) in [5.74, 6) is -0.0809. The highest BCUT2D eigenvalue weighted by Gasteiger charge is 2.18. The third kappa shape index (κ3) is 47.4. The summed E-state index contributed by atoms with van der Waals surface area (Å²) in [7, 11) is 0. The predicted octanol–water partition coefficient (Wildman–Crippen LogP) is 16.1. The minimum atomic E-state index is -0.847. The molecule has 0 spiro atoms. The highest BCUT2D eigenvalue weighted by molar-refractivity contribution is 5.76. The van der Waals surface area contributed by atoms with Gasteiger partial charge >= 0.3 is 5.97 Å². The van der Waals surface area contributed by atoms with E-state index >= 15 is 0 Å². The van der Waals surface area contributed by atoms with Crippen LogP contribution in [0.2, 0.25) is 0 Å². The number of carbonyl (C=O) groups is 2. The van der Waals surface area contributed by atoms with E-state index in [0.717, 1.165) is 51.4 Å². The van der Waals surface area contributed by atoms with Gasteiger partial charge < -0.3 is 20.3 Å². The third-order valence-electron chi connectivity index (χ3n) is 12.1. The molecule has 0 aromatic heterocycles. The number of unbranched alkanes of at least 4 members (excludes halogenated alkanes) is 34. The normalized spacial score (nSPS) is 12.9. The quantitative estimate of drug-likeness (QED) is 0.0322. The fourth-order valence-corrected chi connectivity index (χ4v) is 7.97. The summed E-state index contributed by atoms with van der Waals surface area (Å²) in [5, 5.41) is 22.9. The van der Waals surface area contributed by atoms with Crippen LogP contribution in [0.4, 0.5) is 0 Å². The van der Waals surface area contributed by atoms with Gasteiger partial charge in [-0.05, 0) is 83.5 Å². The molecule has 2 atom stereocenters. The number of rotatable bonds is 49. The average Bonchev–Trinajstić information content (AvgIpc) is 3.26. The Balaban J connectivity index is 3.43. The first-order valence-corrected chi connectivity index (χ1v) is 26.8. The monoisotopic (exact) mass is 858 g/mol. The molecule has 0 radical (unpaired) electrons. The lowest BCUT2D eigenvalue weighted by Gasteiger charge is -2.20. The van der Waals surface area contributed by atoms with E-state index in [2.05, 4.69) is 43.5 Å². The molecule has 0 aromatic rings. The van der Waals surface area contributed by atoms with Crippen molar-refractivity contribution in [1.29, 1.82) is 0 Å². The number of allylic oxidation sites excluding steroid dienone is 5. The number of hydrogen-bond acceptors (Lipinski definition) is 5. The minimum absolute atomic E-state index is 0.00243. The Bertz CT molecular complexity index is 993. The van der Waals surface area contributed by atoms with Crippen LogP contribution in [-0.4, -0.2) is 47.4 Å². The molecule has 0 rings (SSSR count). The van der Waals surface area contributed by atoms with Gasteiger partial charge in [-0.3, -0.25) is 9.59 Å². The second kappa shape index (κ2) is 50.7. The second-order valence-corrected chi connectivity index (χ2v) is 18.2. The van der Waals surface area contributed by atoms with Crippen molar-refractivity contribution in [3.8, 4) is 0 Å². The molecule has 0 aliphatic heterocycles. The summed E-state index contributed by atoms with van der Waals surface area (Å²) in [4.78, 5) is 24.4. The lowest BCUT2D eigenvalue weighted by molar-refractivity contribution is -0.143. The predicted molar refractivity (Wildman–Crippen MR) is 264 cm³/mol. The van der Waals surface area contributed by atoms with Crippen molar-refractivity contribution in [2.24, 2.45) is 0 Å². The van der Waals surface area contributed by atoms with Crippen LogP contribution in [0.3, 0.4) is 0 Å². The van der Waals surface area contributed by atoms with Crippen LogP contribution in [0.25, 0.3) is 0 Å². The van der Waals surface area contributed by atoms with Gasteiger partial charge in [0.25, 0.3) is 0 Å². The minimum Gasteiger partial charge on any atom is -0.466 e. The first-order valence-electron chi connectivity index (χ1n) is 26.8. The summed E-state index contributed by atoms with van der Waals surface area (Å²) in [6.07, 6.45) is 61.6. The summed E-state index contributed by atoms with van der Waals surface area (Å²) in [5.41, 5.74) is 0. The molecule has 61 heavy (non-hydrogen) atoms. The molecule has 2 unspecified atom stereocenters. The Morgan fingerprint density at radius 1 is 0.443 bits per heavy atom. The Kier molecular flexibility index (Phi) is 49.1. The Morgan fingerprint density at radius 2 is 0.770 bits per heavy atom. The molecular formula is C55H103NO5. The van der Waals surface area contributed by atoms with Crippen LogP contribution in [0.5, 0.6) is 0 Å². The number of amides is 1. The lowest BCUT2D eigenvalue weighted by atomic mass is 10.0. The van der Waals surface area contributed by atoms with Crippen LogP contribution in [0.1, 0.15) is 277 Å². The van der Waals surface area contributed by atoms with E-state index in [9.17, 15) is 19.8 Å². The molecule has 6 nitrogen and oxygen atoms in total. The molecule has 0 saturated heterocycles. The fourth-order valence-electron chi connectivity index (χ4n) is 7.97. The van der Waals surface area contributed by atoms with Gasteiger partial charge in [0.05, 0.1) is 25.4 Å². The van der Waals surface area contributed by atoms with E-state index in [1.165, 1.54) is 199 Å². The molecule has 0 bridgehead atoms. The number of aliphatic hydroxyl groups is 2. The van der Waals surface area contributed by atoms with E-state index in [-0.39, 0.29) is 18.5 Å². The maximum Gasteiger partial charge on any atom is 0.305 e. The molecule has 1 amide bonds. The number of ether oxygens (including phenoxy) is 1.